The van der Waals surface area contributed by atoms with Crippen LogP contribution in [-0.4, -0.2) is 13.2 Å². The molecule has 0 amide bonds. The first-order valence-corrected chi connectivity index (χ1v) is 6.54. The first-order valence-electron chi connectivity index (χ1n) is 5.75. The minimum atomic E-state index is 0.349. The van der Waals surface area contributed by atoms with Crippen molar-refractivity contribution in [3.05, 3.63) is 28.2 Å². The molecule has 16 heavy (non-hydrogen) atoms. The van der Waals surface area contributed by atoms with E-state index >= 15 is 0 Å². The molecule has 0 heterocycles. The van der Waals surface area contributed by atoms with Gasteiger partial charge in [0, 0.05) is 6.04 Å². The molecule has 0 aliphatic heterocycles. The molecule has 0 aliphatic carbocycles. The van der Waals surface area contributed by atoms with E-state index in [2.05, 4.69) is 35.0 Å². The quantitative estimate of drug-likeness (QED) is 0.868. The summed E-state index contributed by atoms with van der Waals surface area (Å²) in [6.45, 7) is 2.13. The maximum atomic E-state index is 5.88. The summed E-state index contributed by atoms with van der Waals surface area (Å²) >= 11 is 3.49. The van der Waals surface area contributed by atoms with Gasteiger partial charge in [-0.2, -0.15) is 0 Å². The van der Waals surface area contributed by atoms with Crippen molar-refractivity contribution in [2.45, 2.75) is 38.6 Å². The van der Waals surface area contributed by atoms with E-state index in [1.165, 1.54) is 5.56 Å². The van der Waals surface area contributed by atoms with Crippen LogP contribution in [0.2, 0.25) is 0 Å². The minimum absolute atomic E-state index is 0.349. The first kappa shape index (κ1) is 13.5. The molecule has 0 bridgehead atoms. The van der Waals surface area contributed by atoms with E-state index in [0.717, 1.165) is 35.9 Å². The van der Waals surface area contributed by atoms with Crippen LogP contribution in [-0.2, 0) is 6.42 Å². The number of hydrogen-bond donors (Lipinski definition) is 1. The molecule has 0 fully saturated rings. The lowest BCUT2D eigenvalue weighted by molar-refractivity contribution is 0.412. The Balaban J connectivity index is 2.46. The van der Waals surface area contributed by atoms with E-state index in [9.17, 15) is 0 Å². The summed E-state index contributed by atoms with van der Waals surface area (Å²) in [6, 6.07) is 6.58. The fourth-order valence-corrected chi connectivity index (χ4v) is 2.23. The lowest BCUT2D eigenvalue weighted by Gasteiger charge is -2.09. The second kappa shape index (κ2) is 6.92. The summed E-state index contributed by atoms with van der Waals surface area (Å²) in [5.74, 6) is 0.883. The summed E-state index contributed by atoms with van der Waals surface area (Å²) < 4.78 is 6.21. The van der Waals surface area contributed by atoms with Crippen LogP contribution in [0, 0.1) is 0 Å². The Morgan fingerprint density at radius 2 is 2.19 bits per heavy atom. The molecule has 2 N–H and O–H groups in total. The average molecular weight is 286 g/mol. The second-order valence-electron chi connectivity index (χ2n) is 4.03. The smallest absolute Gasteiger partial charge is 0.133 e. The Kier molecular flexibility index (Phi) is 5.85. The predicted molar refractivity (Wildman–Crippen MR) is 71.9 cm³/mol. The highest BCUT2D eigenvalue weighted by atomic mass is 79.9. The van der Waals surface area contributed by atoms with Crippen molar-refractivity contribution >= 4 is 15.9 Å². The van der Waals surface area contributed by atoms with Crippen LogP contribution in [0.3, 0.4) is 0 Å². The summed E-state index contributed by atoms with van der Waals surface area (Å²) in [6.07, 6.45) is 4.39. The van der Waals surface area contributed by atoms with Gasteiger partial charge < -0.3 is 10.5 Å². The zero-order valence-corrected chi connectivity index (χ0v) is 11.6. The Labute approximate surface area is 106 Å². The van der Waals surface area contributed by atoms with Gasteiger partial charge in [0.25, 0.3) is 0 Å². The van der Waals surface area contributed by atoms with Crippen LogP contribution in [0.25, 0.3) is 0 Å². The number of methoxy groups -OCH3 is 1. The van der Waals surface area contributed by atoms with Crippen LogP contribution in [0.4, 0.5) is 0 Å². The van der Waals surface area contributed by atoms with Gasteiger partial charge in [-0.25, -0.2) is 0 Å². The number of nitrogens with two attached hydrogens (primary N) is 1. The van der Waals surface area contributed by atoms with Crippen molar-refractivity contribution in [1.82, 2.24) is 0 Å². The van der Waals surface area contributed by atoms with Crippen molar-refractivity contribution in [3.8, 4) is 5.75 Å². The Bertz CT molecular complexity index is 328. The maximum Gasteiger partial charge on any atom is 0.133 e. The highest BCUT2D eigenvalue weighted by Crippen LogP contribution is 2.26. The van der Waals surface area contributed by atoms with E-state index < -0.39 is 0 Å². The third-order valence-electron chi connectivity index (χ3n) is 2.78. The molecule has 0 spiro atoms. The van der Waals surface area contributed by atoms with Crippen molar-refractivity contribution in [1.29, 1.82) is 0 Å². The van der Waals surface area contributed by atoms with Gasteiger partial charge in [0.05, 0.1) is 11.6 Å². The number of benzene rings is 1. The zero-order valence-electron chi connectivity index (χ0n) is 10.0. The third kappa shape index (κ3) is 4.14. The fourth-order valence-electron chi connectivity index (χ4n) is 1.64. The number of ether oxygens (including phenoxy) is 1. The van der Waals surface area contributed by atoms with Crippen LogP contribution >= 0.6 is 15.9 Å². The molecule has 2 nitrogen and oxygen atoms in total. The second-order valence-corrected chi connectivity index (χ2v) is 4.88. The molecule has 1 unspecified atom stereocenters. The lowest BCUT2D eigenvalue weighted by Crippen LogP contribution is -2.18. The molecule has 1 aromatic rings. The van der Waals surface area contributed by atoms with E-state index in [4.69, 9.17) is 10.5 Å². The molecule has 1 aromatic carbocycles. The molecule has 0 aromatic heterocycles. The Hall–Kier alpha value is -0.540. The molecule has 1 atom stereocenters. The summed E-state index contributed by atoms with van der Waals surface area (Å²) in [4.78, 5) is 0. The number of halogens is 1. The predicted octanol–water partition coefficient (Wildman–Crippen LogP) is 3.52. The fraction of sp³-hybridized carbons (Fsp3) is 0.538. The van der Waals surface area contributed by atoms with Crippen LogP contribution < -0.4 is 10.5 Å². The van der Waals surface area contributed by atoms with Crippen molar-refractivity contribution in [3.63, 3.8) is 0 Å². The third-order valence-corrected chi connectivity index (χ3v) is 3.40. The van der Waals surface area contributed by atoms with Gasteiger partial charge in [0.1, 0.15) is 5.75 Å². The molecule has 0 saturated heterocycles. The number of aryl methyl sites for hydroxylation is 1. The van der Waals surface area contributed by atoms with Crippen LogP contribution in [0.1, 0.15) is 31.7 Å². The molecule has 0 saturated carbocycles. The summed E-state index contributed by atoms with van der Waals surface area (Å²) in [5, 5.41) is 0. The Morgan fingerprint density at radius 1 is 1.44 bits per heavy atom. The number of rotatable bonds is 6. The van der Waals surface area contributed by atoms with Gasteiger partial charge in [-0.15, -0.1) is 0 Å². The van der Waals surface area contributed by atoms with Gasteiger partial charge in [0.2, 0.25) is 0 Å². The minimum Gasteiger partial charge on any atom is -0.496 e. The van der Waals surface area contributed by atoms with Crippen molar-refractivity contribution in [2.24, 2.45) is 5.73 Å². The van der Waals surface area contributed by atoms with Gasteiger partial charge in [-0.05, 0) is 59.3 Å². The summed E-state index contributed by atoms with van der Waals surface area (Å²) in [7, 11) is 1.68. The number of hydrogen-bond acceptors (Lipinski definition) is 2. The van der Waals surface area contributed by atoms with E-state index in [1.54, 1.807) is 7.11 Å². The molecule has 90 valence electrons. The standard InChI is InChI=1S/C13H20BrNO/c1-3-11(15)6-4-5-10-7-8-13(16-2)12(14)9-10/h7-9,11H,3-6,15H2,1-2H3. The molecule has 1 rings (SSSR count). The van der Waals surface area contributed by atoms with Crippen LogP contribution in [0.5, 0.6) is 5.75 Å². The first-order chi connectivity index (χ1) is 7.67. The van der Waals surface area contributed by atoms with Gasteiger partial charge in [-0.1, -0.05) is 13.0 Å². The largest absolute Gasteiger partial charge is 0.496 e. The summed E-state index contributed by atoms with van der Waals surface area (Å²) in [5.41, 5.74) is 7.21. The highest BCUT2D eigenvalue weighted by molar-refractivity contribution is 9.10. The van der Waals surface area contributed by atoms with Crippen molar-refractivity contribution in [2.75, 3.05) is 7.11 Å². The normalized spacial score (nSPS) is 12.5. The molecule has 0 aliphatic rings. The van der Waals surface area contributed by atoms with Crippen molar-refractivity contribution < 1.29 is 4.74 Å². The van der Waals surface area contributed by atoms with E-state index in [-0.39, 0.29) is 0 Å². The molecular weight excluding hydrogens is 266 g/mol. The molecular formula is C13H20BrNO. The monoisotopic (exact) mass is 285 g/mol. The van der Waals surface area contributed by atoms with E-state index in [0.29, 0.717) is 6.04 Å². The van der Waals surface area contributed by atoms with Crippen LogP contribution in [0.15, 0.2) is 22.7 Å². The zero-order chi connectivity index (χ0) is 12.0. The Morgan fingerprint density at radius 3 is 2.75 bits per heavy atom. The SMILES string of the molecule is CCC(N)CCCc1ccc(OC)c(Br)c1. The van der Waals surface area contributed by atoms with E-state index in [1.807, 2.05) is 6.07 Å². The molecule has 0 radical (unpaired) electrons. The topological polar surface area (TPSA) is 35.2 Å². The highest BCUT2D eigenvalue weighted by Gasteiger charge is 2.03. The van der Waals surface area contributed by atoms with Gasteiger partial charge in [0.15, 0.2) is 0 Å². The molecule has 3 heteroatoms. The van der Waals surface area contributed by atoms with Gasteiger partial charge in [-0.3, -0.25) is 0 Å². The maximum absolute atomic E-state index is 5.88. The average Bonchev–Trinajstić information content (AvgIpc) is 2.29. The van der Waals surface area contributed by atoms with Gasteiger partial charge >= 0.3 is 0 Å². The lowest BCUT2D eigenvalue weighted by atomic mass is 10.0.